The zero-order chi connectivity index (χ0) is 20.1. The van der Waals surface area contributed by atoms with Crippen molar-refractivity contribution in [1.82, 2.24) is 20.2 Å². The largest absolute Gasteiger partial charge is 0.368 e. The summed E-state index contributed by atoms with van der Waals surface area (Å²) in [4.78, 5) is 30.4. The molecule has 1 atom stereocenters. The number of nitrogens with one attached hydrogen (secondary N) is 2. The molecule has 1 aliphatic heterocycles. The van der Waals surface area contributed by atoms with Gasteiger partial charge >= 0.3 is 0 Å². The van der Waals surface area contributed by atoms with Crippen LogP contribution in [-0.4, -0.2) is 40.6 Å². The van der Waals surface area contributed by atoms with Crippen LogP contribution >= 0.6 is 11.3 Å². The van der Waals surface area contributed by atoms with E-state index in [2.05, 4.69) is 15.6 Å². The van der Waals surface area contributed by atoms with E-state index in [0.29, 0.717) is 26.1 Å². The number of fused-ring (bicyclic) bond motifs is 1. The van der Waals surface area contributed by atoms with Gasteiger partial charge in [0.15, 0.2) is 0 Å². The average molecular weight is 413 g/mol. The van der Waals surface area contributed by atoms with E-state index in [0.717, 1.165) is 34.6 Å². The minimum Gasteiger partial charge on any atom is -0.368 e. The van der Waals surface area contributed by atoms with Crippen molar-refractivity contribution in [3.63, 3.8) is 0 Å². The van der Waals surface area contributed by atoms with Gasteiger partial charge in [0.05, 0.1) is 17.6 Å². The van der Waals surface area contributed by atoms with Crippen molar-refractivity contribution in [3.8, 4) is 0 Å². The number of ether oxygens (including phenoxy) is 1. The number of carbonyl (C=O) groups is 2. The average Bonchev–Trinajstić information content (AvgIpc) is 3.48. The highest BCUT2D eigenvalue weighted by molar-refractivity contribution is 7.09. The fourth-order valence-corrected chi connectivity index (χ4v) is 4.13. The third-order valence-corrected chi connectivity index (χ3v) is 5.82. The summed E-state index contributed by atoms with van der Waals surface area (Å²) in [6.45, 7) is 1.82. The van der Waals surface area contributed by atoms with Gasteiger partial charge in [-0.2, -0.15) is 0 Å². The van der Waals surface area contributed by atoms with Crippen molar-refractivity contribution < 1.29 is 14.3 Å². The maximum Gasteiger partial charge on any atom is 0.249 e. The van der Waals surface area contributed by atoms with Crippen LogP contribution in [-0.2, 0) is 33.8 Å². The second-order valence-corrected chi connectivity index (χ2v) is 8.03. The van der Waals surface area contributed by atoms with Crippen molar-refractivity contribution in [1.29, 1.82) is 0 Å². The quantitative estimate of drug-likeness (QED) is 0.594. The van der Waals surface area contributed by atoms with Crippen LogP contribution in [0.1, 0.15) is 23.5 Å². The van der Waals surface area contributed by atoms with Crippen molar-refractivity contribution in [3.05, 3.63) is 52.5 Å². The molecule has 152 valence electrons. The van der Waals surface area contributed by atoms with Crippen molar-refractivity contribution in [2.24, 2.45) is 0 Å². The Labute approximate surface area is 173 Å². The van der Waals surface area contributed by atoms with Gasteiger partial charge in [-0.25, -0.2) is 4.98 Å². The van der Waals surface area contributed by atoms with Crippen LogP contribution in [0.2, 0.25) is 0 Å². The molecule has 1 aromatic carbocycles. The lowest BCUT2D eigenvalue weighted by molar-refractivity contribution is -0.130. The molecular formula is C21H24N4O3S. The van der Waals surface area contributed by atoms with Crippen molar-refractivity contribution >= 4 is 34.2 Å². The smallest absolute Gasteiger partial charge is 0.249 e. The molecule has 0 spiro atoms. The molecule has 1 unspecified atom stereocenters. The molecule has 0 saturated carbocycles. The van der Waals surface area contributed by atoms with E-state index in [1.165, 1.54) is 0 Å². The first-order valence-electron chi connectivity index (χ1n) is 9.83. The van der Waals surface area contributed by atoms with E-state index in [4.69, 9.17) is 4.74 Å². The van der Waals surface area contributed by atoms with Gasteiger partial charge < -0.3 is 19.9 Å². The summed E-state index contributed by atoms with van der Waals surface area (Å²) in [5.41, 5.74) is 1.76. The second kappa shape index (κ2) is 9.19. The number of nitrogens with zero attached hydrogens (tertiary/aromatic N) is 2. The van der Waals surface area contributed by atoms with Gasteiger partial charge in [0.1, 0.15) is 18.5 Å². The number of aromatic nitrogens is 2. The van der Waals surface area contributed by atoms with Gasteiger partial charge in [-0.1, -0.05) is 18.2 Å². The standard InChI is InChI=1S/C21H24N4O3S/c26-20(23-13-15-5-4-12-29-15)14-25-17-7-2-1-6-16(17)24-19(25)9-10-22-21(27)18-8-3-11-28-18/h1-2,4-7,12,18H,3,8-11,13-14H2,(H,22,27)(H,23,26). The Bertz CT molecular complexity index is 977. The van der Waals surface area contributed by atoms with Gasteiger partial charge in [-0.15, -0.1) is 11.3 Å². The first kappa shape index (κ1) is 19.6. The summed E-state index contributed by atoms with van der Waals surface area (Å²) < 4.78 is 7.34. The highest BCUT2D eigenvalue weighted by Crippen LogP contribution is 2.17. The first-order chi connectivity index (χ1) is 14.2. The summed E-state index contributed by atoms with van der Waals surface area (Å²) in [6.07, 6.45) is 1.91. The molecule has 0 aliphatic carbocycles. The fraction of sp³-hybridized carbons (Fsp3) is 0.381. The Morgan fingerprint density at radius 1 is 1.21 bits per heavy atom. The van der Waals surface area contributed by atoms with Gasteiger partial charge in [0.25, 0.3) is 0 Å². The van der Waals surface area contributed by atoms with Gasteiger partial charge in [-0.3, -0.25) is 9.59 Å². The van der Waals surface area contributed by atoms with E-state index < -0.39 is 0 Å². The fourth-order valence-electron chi connectivity index (χ4n) is 3.49. The molecule has 1 aliphatic rings. The zero-order valence-electron chi connectivity index (χ0n) is 16.1. The third kappa shape index (κ3) is 4.83. The molecule has 4 rings (SSSR count). The Morgan fingerprint density at radius 3 is 2.90 bits per heavy atom. The number of thiophene rings is 1. The number of imidazole rings is 1. The molecule has 3 heterocycles. The number of hydrogen-bond donors (Lipinski definition) is 2. The molecule has 8 heteroatoms. The topological polar surface area (TPSA) is 85.2 Å². The zero-order valence-corrected chi connectivity index (χ0v) is 16.9. The Kier molecular flexibility index (Phi) is 6.21. The molecule has 2 aromatic heterocycles. The number of rotatable bonds is 8. The minimum atomic E-state index is -0.336. The highest BCUT2D eigenvalue weighted by atomic mass is 32.1. The number of carbonyl (C=O) groups excluding carboxylic acids is 2. The third-order valence-electron chi connectivity index (χ3n) is 4.95. The Balaban J connectivity index is 1.41. The van der Waals surface area contributed by atoms with Crippen molar-refractivity contribution in [2.75, 3.05) is 13.2 Å². The monoisotopic (exact) mass is 412 g/mol. The molecule has 0 bridgehead atoms. The molecule has 3 aromatic rings. The Morgan fingerprint density at radius 2 is 2.10 bits per heavy atom. The number of para-hydroxylation sites is 2. The lowest BCUT2D eigenvalue weighted by Crippen LogP contribution is -2.35. The maximum absolute atomic E-state index is 12.5. The van der Waals surface area contributed by atoms with Crippen LogP contribution < -0.4 is 10.6 Å². The number of amides is 2. The summed E-state index contributed by atoms with van der Waals surface area (Å²) in [5, 5.41) is 7.88. The maximum atomic E-state index is 12.5. The SMILES string of the molecule is O=C(Cn1c(CCNC(=O)C2CCCO2)nc2ccccc21)NCc1cccs1. The summed E-state index contributed by atoms with van der Waals surface area (Å²) in [6, 6.07) is 11.7. The summed E-state index contributed by atoms with van der Waals surface area (Å²) >= 11 is 1.62. The molecule has 0 radical (unpaired) electrons. The molecule has 1 fully saturated rings. The molecule has 2 N–H and O–H groups in total. The summed E-state index contributed by atoms with van der Waals surface area (Å²) in [5.74, 6) is 0.648. The number of hydrogen-bond acceptors (Lipinski definition) is 5. The first-order valence-corrected chi connectivity index (χ1v) is 10.7. The van der Waals surface area contributed by atoms with E-state index in [9.17, 15) is 9.59 Å². The van der Waals surface area contributed by atoms with Crippen LogP contribution in [0, 0.1) is 0 Å². The lowest BCUT2D eigenvalue weighted by Gasteiger charge is -2.12. The second-order valence-electron chi connectivity index (χ2n) is 7.00. The number of benzene rings is 1. The van der Waals surface area contributed by atoms with Crippen LogP contribution in [0.15, 0.2) is 41.8 Å². The van der Waals surface area contributed by atoms with Gasteiger partial charge in [0, 0.05) is 24.4 Å². The predicted octanol–water partition coefficient (Wildman–Crippen LogP) is 2.25. The normalized spacial score (nSPS) is 16.2. The van der Waals surface area contributed by atoms with Crippen LogP contribution in [0.4, 0.5) is 0 Å². The Hall–Kier alpha value is -2.71. The molecule has 7 nitrogen and oxygen atoms in total. The lowest BCUT2D eigenvalue weighted by atomic mass is 10.2. The predicted molar refractivity (Wildman–Crippen MR) is 112 cm³/mol. The van der Waals surface area contributed by atoms with E-state index >= 15 is 0 Å². The van der Waals surface area contributed by atoms with Crippen LogP contribution in [0.25, 0.3) is 11.0 Å². The highest BCUT2D eigenvalue weighted by Gasteiger charge is 2.23. The molecular weight excluding hydrogens is 388 g/mol. The van der Waals surface area contributed by atoms with Crippen molar-refractivity contribution in [2.45, 2.75) is 38.5 Å². The van der Waals surface area contributed by atoms with E-state index in [1.54, 1.807) is 11.3 Å². The van der Waals surface area contributed by atoms with Gasteiger partial charge in [-0.05, 0) is 36.4 Å². The van der Waals surface area contributed by atoms with E-state index in [1.807, 2.05) is 46.3 Å². The van der Waals surface area contributed by atoms with Crippen LogP contribution in [0.5, 0.6) is 0 Å². The molecule has 29 heavy (non-hydrogen) atoms. The van der Waals surface area contributed by atoms with Crippen LogP contribution in [0.3, 0.4) is 0 Å². The summed E-state index contributed by atoms with van der Waals surface area (Å²) in [7, 11) is 0. The minimum absolute atomic E-state index is 0.0637. The van der Waals surface area contributed by atoms with Gasteiger partial charge in [0.2, 0.25) is 11.8 Å². The molecule has 1 saturated heterocycles. The van der Waals surface area contributed by atoms with E-state index in [-0.39, 0.29) is 24.5 Å². The molecule has 2 amide bonds.